The Morgan fingerprint density at radius 1 is 1.38 bits per heavy atom. The van der Waals surface area contributed by atoms with Gasteiger partial charge in [-0.3, -0.25) is 9.69 Å². The van der Waals surface area contributed by atoms with Crippen molar-refractivity contribution < 1.29 is 18.3 Å². The average Bonchev–Trinajstić information content (AvgIpc) is 2.50. The molecule has 0 radical (unpaired) electrons. The lowest BCUT2D eigenvalue weighted by Crippen LogP contribution is -2.36. The van der Waals surface area contributed by atoms with Gasteiger partial charge in [-0.2, -0.15) is 13.2 Å². The van der Waals surface area contributed by atoms with E-state index < -0.39 is 17.6 Å². The number of H-pyrrole nitrogens is 1. The molecule has 0 fully saturated rings. The number of phenols is 1. The van der Waals surface area contributed by atoms with E-state index in [1.54, 1.807) is 24.0 Å². The number of aryl methyl sites for hydroxylation is 1. The van der Waals surface area contributed by atoms with E-state index in [1.165, 1.54) is 0 Å². The van der Waals surface area contributed by atoms with Gasteiger partial charge in [0.2, 0.25) is 5.82 Å². The first-order valence-corrected chi connectivity index (χ1v) is 7.45. The number of fused-ring (bicyclic) bond motifs is 1. The van der Waals surface area contributed by atoms with Gasteiger partial charge in [0.15, 0.2) is 0 Å². The summed E-state index contributed by atoms with van der Waals surface area (Å²) in [5.41, 5.74) is 1.14. The van der Waals surface area contributed by atoms with Crippen molar-refractivity contribution in [1.82, 2.24) is 14.9 Å². The van der Waals surface area contributed by atoms with Crippen LogP contribution in [0.4, 0.5) is 13.2 Å². The van der Waals surface area contributed by atoms with Crippen LogP contribution in [0.5, 0.6) is 5.75 Å². The van der Waals surface area contributed by atoms with E-state index in [0.717, 1.165) is 5.56 Å². The summed E-state index contributed by atoms with van der Waals surface area (Å²) in [6, 6.07) is 5.36. The van der Waals surface area contributed by atoms with Crippen LogP contribution in [-0.2, 0) is 25.7 Å². The third-order valence-electron chi connectivity index (χ3n) is 4.14. The van der Waals surface area contributed by atoms with Crippen LogP contribution in [0.1, 0.15) is 28.2 Å². The van der Waals surface area contributed by atoms with Gasteiger partial charge in [0, 0.05) is 30.8 Å². The zero-order chi connectivity index (χ0) is 17.5. The molecular formula is C16H16F3N3O2. The highest BCUT2D eigenvalue weighted by Crippen LogP contribution is 2.28. The Morgan fingerprint density at radius 2 is 2.12 bits per heavy atom. The zero-order valence-corrected chi connectivity index (χ0v) is 12.9. The van der Waals surface area contributed by atoms with Crippen molar-refractivity contribution in [3.63, 3.8) is 0 Å². The Hall–Kier alpha value is -2.35. The quantitative estimate of drug-likeness (QED) is 0.881. The molecule has 2 aromatic rings. The molecule has 3 rings (SSSR count). The van der Waals surface area contributed by atoms with Gasteiger partial charge in [0.1, 0.15) is 5.75 Å². The van der Waals surface area contributed by atoms with Crippen LogP contribution in [0.25, 0.3) is 0 Å². The summed E-state index contributed by atoms with van der Waals surface area (Å²) < 4.78 is 38.4. The Morgan fingerprint density at radius 3 is 2.83 bits per heavy atom. The molecule has 1 aliphatic rings. The molecule has 0 saturated carbocycles. The third kappa shape index (κ3) is 3.14. The predicted octanol–water partition coefficient (Wildman–Crippen LogP) is 2.36. The van der Waals surface area contributed by atoms with Crippen LogP contribution in [0, 0.1) is 6.92 Å². The standard InChI is InChI=1S/C16H16F3N3O2/c1-9-3-2-4-10(13(9)23)7-22-6-5-11-12(8-22)20-15(16(17,18)19)21-14(11)24/h2-4,23H,5-8H2,1H3,(H,20,21,24). The molecule has 0 amide bonds. The molecule has 24 heavy (non-hydrogen) atoms. The maximum absolute atomic E-state index is 12.8. The van der Waals surface area contributed by atoms with E-state index in [9.17, 15) is 23.1 Å². The van der Waals surface area contributed by atoms with E-state index >= 15 is 0 Å². The third-order valence-corrected chi connectivity index (χ3v) is 4.14. The van der Waals surface area contributed by atoms with Gasteiger partial charge < -0.3 is 10.1 Å². The zero-order valence-electron chi connectivity index (χ0n) is 12.9. The fourth-order valence-electron chi connectivity index (χ4n) is 2.85. The number of aromatic hydroxyl groups is 1. The minimum atomic E-state index is -4.69. The molecule has 5 nitrogen and oxygen atoms in total. The number of alkyl halides is 3. The Balaban J connectivity index is 1.87. The van der Waals surface area contributed by atoms with E-state index in [1.807, 2.05) is 11.0 Å². The lowest BCUT2D eigenvalue weighted by atomic mass is 10.0. The van der Waals surface area contributed by atoms with Crippen LogP contribution >= 0.6 is 0 Å². The van der Waals surface area contributed by atoms with Crippen molar-refractivity contribution in [3.05, 3.63) is 56.8 Å². The molecular weight excluding hydrogens is 323 g/mol. The molecule has 0 aliphatic carbocycles. The summed E-state index contributed by atoms with van der Waals surface area (Å²) in [6.07, 6.45) is -4.37. The number of phenolic OH excluding ortho intramolecular Hbond substituents is 1. The van der Waals surface area contributed by atoms with Gasteiger partial charge >= 0.3 is 6.18 Å². The molecule has 1 aliphatic heterocycles. The monoisotopic (exact) mass is 339 g/mol. The minimum Gasteiger partial charge on any atom is -0.507 e. The number of halogens is 3. The summed E-state index contributed by atoms with van der Waals surface area (Å²) in [7, 11) is 0. The van der Waals surface area contributed by atoms with Crippen LogP contribution < -0.4 is 5.56 Å². The highest BCUT2D eigenvalue weighted by Gasteiger charge is 2.36. The first-order valence-electron chi connectivity index (χ1n) is 7.45. The van der Waals surface area contributed by atoms with Crippen molar-refractivity contribution in [2.45, 2.75) is 32.6 Å². The van der Waals surface area contributed by atoms with E-state index in [2.05, 4.69) is 4.98 Å². The van der Waals surface area contributed by atoms with Gasteiger partial charge in [-0.15, -0.1) is 0 Å². The molecule has 0 spiro atoms. The summed E-state index contributed by atoms with van der Waals surface area (Å²) in [5, 5.41) is 10.1. The van der Waals surface area contributed by atoms with E-state index in [4.69, 9.17) is 0 Å². The van der Waals surface area contributed by atoms with Gasteiger partial charge in [0.25, 0.3) is 5.56 Å². The lowest BCUT2D eigenvalue weighted by molar-refractivity contribution is -0.145. The van der Waals surface area contributed by atoms with Gasteiger partial charge in [-0.05, 0) is 18.9 Å². The summed E-state index contributed by atoms with van der Waals surface area (Å²) in [5.74, 6) is -1.09. The van der Waals surface area contributed by atoms with Crippen LogP contribution in [-0.4, -0.2) is 26.5 Å². The van der Waals surface area contributed by atoms with Gasteiger partial charge in [-0.1, -0.05) is 18.2 Å². The van der Waals surface area contributed by atoms with Crippen LogP contribution in [0.15, 0.2) is 23.0 Å². The van der Waals surface area contributed by atoms with Crippen molar-refractivity contribution in [2.75, 3.05) is 6.54 Å². The minimum absolute atomic E-state index is 0.135. The molecule has 2 heterocycles. The second-order valence-electron chi connectivity index (χ2n) is 5.88. The number of aromatic nitrogens is 2. The molecule has 2 N–H and O–H groups in total. The number of hydrogen-bond acceptors (Lipinski definition) is 4. The van der Waals surface area contributed by atoms with E-state index in [0.29, 0.717) is 30.6 Å². The largest absolute Gasteiger partial charge is 0.507 e. The number of nitrogens with one attached hydrogen (secondary N) is 1. The molecule has 0 bridgehead atoms. The maximum atomic E-state index is 12.8. The second kappa shape index (κ2) is 5.94. The van der Waals surface area contributed by atoms with Crippen molar-refractivity contribution in [2.24, 2.45) is 0 Å². The smallest absolute Gasteiger partial charge is 0.449 e. The van der Waals surface area contributed by atoms with E-state index in [-0.39, 0.29) is 18.0 Å². The maximum Gasteiger partial charge on any atom is 0.449 e. The molecule has 0 unspecified atom stereocenters. The summed E-state index contributed by atoms with van der Waals surface area (Å²) >= 11 is 0. The fraction of sp³-hybridized carbons (Fsp3) is 0.375. The number of para-hydroxylation sites is 1. The lowest BCUT2D eigenvalue weighted by Gasteiger charge is -2.28. The summed E-state index contributed by atoms with van der Waals surface area (Å²) in [6.45, 7) is 2.80. The molecule has 1 aromatic heterocycles. The molecule has 128 valence electrons. The molecule has 0 atom stereocenters. The molecule has 1 aromatic carbocycles. The van der Waals surface area contributed by atoms with Crippen molar-refractivity contribution >= 4 is 0 Å². The number of aromatic amines is 1. The van der Waals surface area contributed by atoms with Gasteiger partial charge in [0.05, 0.1) is 5.69 Å². The second-order valence-corrected chi connectivity index (χ2v) is 5.88. The summed E-state index contributed by atoms with van der Waals surface area (Å²) in [4.78, 5) is 19.1. The first-order chi connectivity index (χ1) is 11.3. The van der Waals surface area contributed by atoms with Crippen LogP contribution in [0.3, 0.4) is 0 Å². The molecule has 8 heteroatoms. The normalized spacial score (nSPS) is 15.3. The first kappa shape index (κ1) is 16.5. The Labute approximate surface area is 135 Å². The fourth-order valence-corrected chi connectivity index (χ4v) is 2.85. The van der Waals surface area contributed by atoms with Crippen LogP contribution in [0.2, 0.25) is 0 Å². The Bertz CT molecular complexity index is 830. The number of nitrogens with zero attached hydrogens (tertiary/aromatic N) is 2. The van der Waals surface area contributed by atoms with Crippen molar-refractivity contribution in [1.29, 1.82) is 0 Å². The van der Waals surface area contributed by atoms with Crippen molar-refractivity contribution in [3.8, 4) is 5.75 Å². The highest BCUT2D eigenvalue weighted by molar-refractivity contribution is 5.39. The number of rotatable bonds is 2. The number of hydrogen-bond donors (Lipinski definition) is 2. The SMILES string of the molecule is Cc1cccc(CN2CCc3c(nc(C(F)(F)F)[nH]c3=O)C2)c1O. The molecule has 0 saturated heterocycles. The predicted molar refractivity (Wildman–Crippen MR) is 80.5 cm³/mol. The number of benzene rings is 1. The van der Waals surface area contributed by atoms with Gasteiger partial charge in [-0.25, -0.2) is 4.98 Å². The average molecular weight is 339 g/mol. The topological polar surface area (TPSA) is 69.2 Å². The highest BCUT2D eigenvalue weighted by atomic mass is 19.4. The Kier molecular flexibility index (Phi) is 4.08.